The Kier molecular flexibility index (Phi) is 7.64. The van der Waals surface area contributed by atoms with E-state index in [9.17, 15) is 9.59 Å². The van der Waals surface area contributed by atoms with Crippen molar-refractivity contribution in [3.63, 3.8) is 0 Å². The molecule has 0 aliphatic heterocycles. The lowest BCUT2D eigenvalue weighted by Gasteiger charge is -2.21. The van der Waals surface area contributed by atoms with E-state index in [4.69, 9.17) is 10.2 Å². The number of carbonyl (C=O) groups is 1. The van der Waals surface area contributed by atoms with Crippen molar-refractivity contribution in [2.75, 3.05) is 5.75 Å². The molecule has 176 valence electrons. The molecule has 0 spiro atoms. The Morgan fingerprint density at radius 1 is 1.03 bits per heavy atom. The van der Waals surface area contributed by atoms with Crippen molar-refractivity contribution in [3.8, 4) is 11.8 Å². The maximum atomic E-state index is 13.4. The van der Waals surface area contributed by atoms with Crippen LogP contribution in [0.5, 0.6) is 0 Å². The molecule has 1 N–H and O–H groups in total. The first kappa shape index (κ1) is 24.2. The highest BCUT2D eigenvalue weighted by molar-refractivity contribution is 7.99. The summed E-state index contributed by atoms with van der Waals surface area (Å²) in [5.41, 5.74) is 2.52. The molecule has 0 saturated heterocycles. The summed E-state index contributed by atoms with van der Waals surface area (Å²) >= 11 is 1.22. The van der Waals surface area contributed by atoms with E-state index in [1.165, 1.54) is 16.3 Å². The van der Waals surface area contributed by atoms with E-state index in [1.54, 1.807) is 42.5 Å². The minimum Gasteiger partial charge on any atom is -0.349 e. The Hall–Kier alpha value is -3.89. The Morgan fingerprint density at radius 3 is 2.40 bits per heavy atom. The second-order valence-corrected chi connectivity index (χ2v) is 9.60. The number of rotatable bonds is 8. The molecule has 4 aromatic rings. The molecule has 1 heterocycles. The Balaban J connectivity index is 1.62. The van der Waals surface area contributed by atoms with Gasteiger partial charge in [-0.25, -0.2) is 4.98 Å². The lowest BCUT2D eigenvalue weighted by atomic mass is 9.97. The van der Waals surface area contributed by atoms with Crippen LogP contribution in [0.25, 0.3) is 16.6 Å². The summed E-state index contributed by atoms with van der Waals surface area (Å²) in [4.78, 5) is 31.0. The van der Waals surface area contributed by atoms with Gasteiger partial charge in [0.1, 0.15) is 0 Å². The summed E-state index contributed by atoms with van der Waals surface area (Å²) < 4.78 is 1.50. The van der Waals surface area contributed by atoms with Crippen molar-refractivity contribution in [1.82, 2.24) is 14.9 Å². The summed E-state index contributed by atoms with van der Waals surface area (Å²) in [5.74, 6) is 0.401. The number of amides is 1. The van der Waals surface area contributed by atoms with Gasteiger partial charge < -0.3 is 5.32 Å². The van der Waals surface area contributed by atoms with Crippen LogP contribution in [0, 0.1) is 17.2 Å². The second-order valence-electron chi connectivity index (χ2n) is 8.66. The SMILES string of the molecule is CC(C)CC(NC(=O)CSc1nc2ccccc2c(=O)n1-c1ccc(C#N)cc1)c1ccccc1. The van der Waals surface area contributed by atoms with Gasteiger partial charge in [0.2, 0.25) is 5.91 Å². The van der Waals surface area contributed by atoms with Crippen molar-refractivity contribution in [3.05, 3.63) is 100 Å². The smallest absolute Gasteiger partial charge is 0.266 e. The average Bonchev–Trinajstić information content (AvgIpc) is 2.87. The number of benzene rings is 3. The van der Waals surface area contributed by atoms with Gasteiger partial charge in [0.05, 0.1) is 40.0 Å². The number of thioether (sulfide) groups is 1. The summed E-state index contributed by atoms with van der Waals surface area (Å²) in [5, 5.41) is 13.2. The highest BCUT2D eigenvalue weighted by Crippen LogP contribution is 2.24. The molecule has 0 radical (unpaired) electrons. The van der Waals surface area contributed by atoms with Crippen LogP contribution >= 0.6 is 11.8 Å². The molecule has 4 rings (SSSR count). The molecule has 0 aliphatic rings. The van der Waals surface area contributed by atoms with Crippen molar-refractivity contribution in [1.29, 1.82) is 5.26 Å². The van der Waals surface area contributed by atoms with E-state index >= 15 is 0 Å². The number of nitriles is 1. The van der Waals surface area contributed by atoms with E-state index in [0.717, 1.165) is 12.0 Å². The van der Waals surface area contributed by atoms with Crippen molar-refractivity contribution >= 4 is 28.6 Å². The van der Waals surface area contributed by atoms with Crippen LogP contribution in [0.15, 0.2) is 88.8 Å². The standard InChI is InChI=1S/C28H26N4O2S/c1-19(2)16-25(21-8-4-3-5-9-21)30-26(33)18-35-28-31-24-11-7-6-10-23(24)27(34)32(28)22-14-12-20(17-29)13-15-22/h3-15,19,25H,16,18H2,1-2H3,(H,30,33). The number of para-hydroxylation sites is 1. The molecular weight excluding hydrogens is 456 g/mol. The number of hydrogen-bond donors (Lipinski definition) is 1. The number of aromatic nitrogens is 2. The van der Waals surface area contributed by atoms with E-state index in [-0.39, 0.29) is 23.3 Å². The maximum Gasteiger partial charge on any atom is 0.266 e. The third-order valence-corrected chi connectivity index (χ3v) is 6.51. The molecule has 0 saturated carbocycles. The predicted molar refractivity (Wildman–Crippen MR) is 140 cm³/mol. The first-order valence-corrected chi connectivity index (χ1v) is 12.4. The zero-order valence-corrected chi connectivity index (χ0v) is 20.5. The lowest BCUT2D eigenvalue weighted by Crippen LogP contribution is -2.31. The monoisotopic (exact) mass is 482 g/mol. The van der Waals surface area contributed by atoms with Gasteiger partial charge in [0, 0.05) is 0 Å². The molecule has 0 fully saturated rings. The zero-order chi connectivity index (χ0) is 24.8. The van der Waals surface area contributed by atoms with Gasteiger partial charge in [0.15, 0.2) is 5.16 Å². The first-order chi connectivity index (χ1) is 17.0. The van der Waals surface area contributed by atoms with E-state index in [0.29, 0.717) is 33.2 Å². The molecular formula is C28H26N4O2S. The first-order valence-electron chi connectivity index (χ1n) is 11.5. The molecule has 1 amide bonds. The van der Waals surface area contributed by atoms with Crippen LogP contribution in [0.4, 0.5) is 0 Å². The summed E-state index contributed by atoms with van der Waals surface area (Å²) in [6.45, 7) is 4.26. The van der Waals surface area contributed by atoms with Gasteiger partial charge in [-0.05, 0) is 54.3 Å². The molecule has 7 heteroatoms. The third-order valence-electron chi connectivity index (χ3n) is 5.58. The van der Waals surface area contributed by atoms with Crippen LogP contribution in [0.3, 0.4) is 0 Å². The van der Waals surface area contributed by atoms with Crippen LogP contribution < -0.4 is 10.9 Å². The highest BCUT2D eigenvalue weighted by Gasteiger charge is 2.18. The van der Waals surface area contributed by atoms with Crippen molar-refractivity contribution < 1.29 is 4.79 Å². The molecule has 0 bridgehead atoms. The molecule has 1 aromatic heterocycles. The largest absolute Gasteiger partial charge is 0.349 e. The van der Waals surface area contributed by atoms with Gasteiger partial charge in [-0.3, -0.25) is 14.2 Å². The van der Waals surface area contributed by atoms with Crippen LogP contribution in [0.2, 0.25) is 0 Å². The molecule has 35 heavy (non-hydrogen) atoms. The Bertz CT molecular complexity index is 1420. The minimum atomic E-state index is -0.217. The van der Waals surface area contributed by atoms with E-state index < -0.39 is 0 Å². The third kappa shape index (κ3) is 5.79. The fraction of sp³-hybridized carbons (Fsp3) is 0.214. The number of nitrogens with one attached hydrogen (secondary N) is 1. The number of hydrogen-bond acceptors (Lipinski definition) is 5. The second kappa shape index (κ2) is 11.0. The number of fused-ring (bicyclic) bond motifs is 1. The van der Waals surface area contributed by atoms with Crippen LogP contribution in [-0.2, 0) is 4.79 Å². The molecule has 0 aliphatic carbocycles. The fourth-order valence-electron chi connectivity index (χ4n) is 3.92. The number of nitrogens with zero attached hydrogens (tertiary/aromatic N) is 3. The Morgan fingerprint density at radius 2 is 1.71 bits per heavy atom. The molecule has 1 atom stereocenters. The highest BCUT2D eigenvalue weighted by atomic mass is 32.2. The van der Waals surface area contributed by atoms with Crippen LogP contribution in [-0.4, -0.2) is 21.2 Å². The lowest BCUT2D eigenvalue weighted by molar-refractivity contribution is -0.119. The molecule has 3 aromatic carbocycles. The minimum absolute atomic E-state index is 0.0884. The quantitative estimate of drug-likeness (QED) is 0.274. The van der Waals surface area contributed by atoms with Gasteiger partial charge in [-0.15, -0.1) is 0 Å². The summed E-state index contributed by atoms with van der Waals surface area (Å²) in [6.07, 6.45) is 0.824. The summed E-state index contributed by atoms with van der Waals surface area (Å²) in [7, 11) is 0. The van der Waals surface area contributed by atoms with Gasteiger partial charge in [-0.1, -0.05) is 68.1 Å². The fourth-order valence-corrected chi connectivity index (χ4v) is 4.75. The van der Waals surface area contributed by atoms with Crippen molar-refractivity contribution in [2.24, 2.45) is 5.92 Å². The predicted octanol–water partition coefficient (Wildman–Crippen LogP) is 5.25. The van der Waals surface area contributed by atoms with Gasteiger partial charge in [-0.2, -0.15) is 5.26 Å². The van der Waals surface area contributed by atoms with E-state index in [2.05, 4.69) is 25.2 Å². The van der Waals surface area contributed by atoms with Gasteiger partial charge >= 0.3 is 0 Å². The zero-order valence-electron chi connectivity index (χ0n) is 19.6. The van der Waals surface area contributed by atoms with Crippen LogP contribution in [0.1, 0.15) is 37.4 Å². The van der Waals surface area contributed by atoms with Crippen molar-refractivity contribution in [2.45, 2.75) is 31.5 Å². The topological polar surface area (TPSA) is 87.8 Å². The maximum absolute atomic E-state index is 13.4. The molecule has 6 nitrogen and oxygen atoms in total. The average molecular weight is 483 g/mol. The number of carbonyl (C=O) groups excluding carboxylic acids is 1. The van der Waals surface area contributed by atoms with Gasteiger partial charge in [0.25, 0.3) is 5.56 Å². The van der Waals surface area contributed by atoms with E-state index in [1.807, 2.05) is 36.4 Å². The normalized spacial score (nSPS) is 11.8. The molecule has 1 unspecified atom stereocenters. The summed E-state index contributed by atoms with van der Waals surface area (Å²) in [6, 6.07) is 25.9. The Labute approximate surface area is 208 Å².